The Balaban J connectivity index is 2.06. The minimum atomic E-state index is -4.84. The molecule has 0 aliphatic heterocycles. The van der Waals surface area contributed by atoms with E-state index in [1.165, 1.54) is 28.8 Å². The molecule has 0 saturated carbocycles. The monoisotopic (exact) mass is 449 g/mol. The number of carbonyl (C=O) groups excluding carboxylic acids is 2. The molecule has 0 fully saturated rings. The lowest BCUT2D eigenvalue weighted by Crippen LogP contribution is -2.18. The van der Waals surface area contributed by atoms with E-state index in [4.69, 9.17) is 4.74 Å². The fourth-order valence-corrected chi connectivity index (χ4v) is 3.61. The van der Waals surface area contributed by atoms with E-state index in [1.54, 1.807) is 19.9 Å². The molecule has 1 aromatic heterocycles. The first kappa shape index (κ1) is 23.2. The van der Waals surface area contributed by atoms with Crippen LogP contribution >= 0.6 is 0 Å². The van der Waals surface area contributed by atoms with Crippen LogP contribution in [0.25, 0.3) is 10.9 Å². The molecule has 3 aromatic rings. The summed E-state index contributed by atoms with van der Waals surface area (Å²) in [5, 5.41) is 10.5. The van der Waals surface area contributed by atoms with Crippen LogP contribution in [0.5, 0.6) is 11.5 Å². The third kappa shape index (κ3) is 4.71. The molecule has 0 spiro atoms. The number of aromatic hydroxyl groups is 1. The Labute approximate surface area is 182 Å². The Morgan fingerprint density at radius 1 is 1.12 bits per heavy atom. The maximum absolute atomic E-state index is 13.3. The van der Waals surface area contributed by atoms with Gasteiger partial charge in [0.15, 0.2) is 0 Å². The van der Waals surface area contributed by atoms with Crippen molar-refractivity contribution in [3.05, 3.63) is 59.3 Å². The Kier molecular flexibility index (Phi) is 6.47. The molecule has 170 valence electrons. The van der Waals surface area contributed by atoms with Gasteiger partial charge in [0.05, 0.1) is 18.0 Å². The highest BCUT2D eigenvalue weighted by atomic mass is 19.4. The predicted molar refractivity (Wildman–Crippen MR) is 111 cm³/mol. The average Bonchev–Trinajstić information content (AvgIpc) is 3.01. The van der Waals surface area contributed by atoms with Crippen LogP contribution in [-0.4, -0.2) is 34.5 Å². The quantitative estimate of drug-likeness (QED) is 0.517. The number of aromatic nitrogens is 1. The number of phenols is 1. The molecule has 0 radical (unpaired) electrons. The SMILES string of the molecule is CCCOC(=O)[C@H](C)c1c(C)n(C(=O)c2ccc(OC(F)(F)F)cc2)c2ccc(O)cc12. The summed E-state index contributed by atoms with van der Waals surface area (Å²) in [6.45, 7) is 5.45. The summed E-state index contributed by atoms with van der Waals surface area (Å²) in [7, 11) is 0. The van der Waals surface area contributed by atoms with Gasteiger partial charge in [-0.05, 0) is 68.3 Å². The van der Waals surface area contributed by atoms with Crippen LogP contribution < -0.4 is 4.74 Å². The van der Waals surface area contributed by atoms with Crippen LogP contribution in [0.1, 0.15) is 47.8 Å². The van der Waals surface area contributed by atoms with Crippen LogP contribution in [0.2, 0.25) is 0 Å². The Bertz CT molecular complexity index is 1150. The van der Waals surface area contributed by atoms with Crippen molar-refractivity contribution in [2.24, 2.45) is 0 Å². The molecule has 3 rings (SSSR count). The molecule has 0 aliphatic rings. The van der Waals surface area contributed by atoms with Crippen molar-refractivity contribution in [1.82, 2.24) is 4.57 Å². The molecule has 9 heteroatoms. The highest BCUT2D eigenvalue weighted by Gasteiger charge is 2.31. The summed E-state index contributed by atoms with van der Waals surface area (Å²) in [5.74, 6) is -2.15. The zero-order chi connectivity index (χ0) is 23.6. The van der Waals surface area contributed by atoms with Crippen LogP contribution in [0.15, 0.2) is 42.5 Å². The van der Waals surface area contributed by atoms with Crippen LogP contribution in [0.4, 0.5) is 13.2 Å². The van der Waals surface area contributed by atoms with E-state index in [2.05, 4.69) is 4.74 Å². The second-order valence-electron chi connectivity index (χ2n) is 7.30. The summed E-state index contributed by atoms with van der Waals surface area (Å²) in [5.41, 5.74) is 1.57. The molecule has 0 aliphatic carbocycles. The van der Waals surface area contributed by atoms with Crippen LogP contribution in [0.3, 0.4) is 0 Å². The predicted octanol–water partition coefficient (Wildman–Crippen LogP) is 5.30. The molecular formula is C23H22F3NO5. The molecule has 32 heavy (non-hydrogen) atoms. The summed E-state index contributed by atoms with van der Waals surface area (Å²) >= 11 is 0. The van der Waals surface area contributed by atoms with Gasteiger partial charge in [-0.15, -0.1) is 13.2 Å². The van der Waals surface area contributed by atoms with Crippen molar-refractivity contribution in [3.8, 4) is 11.5 Å². The zero-order valence-corrected chi connectivity index (χ0v) is 17.7. The molecule has 0 saturated heterocycles. The lowest BCUT2D eigenvalue weighted by Gasteiger charge is -2.13. The molecule has 0 amide bonds. The third-order valence-corrected chi connectivity index (χ3v) is 5.01. The topological polar surface area (TPSA) is 77.8 Å². The number of hydrogen-bond acceptors (Lipinski definition) is 5. The van der Waals surface area contributed by atoms with Gasteiger partial charge in [-0.25, -0.2) is 0 Å². The number of fused-ring (bicyclic) bond motifs is 1. The van der Waals surface area contributed by atoms with Crippen molar-refractivity contribution in [2.45, 2.75) is 39.5 Å². The number of halogens is 3. The Morgan fingerprint density at radius 2 is 1.78 bits per heavy atom. The summed E-state index contributed by atoms with van der Waals surface area (Å²) in [4.78, 5) is 25.8. The van der Waals surface area contributed by atoms with Crippen molar-refractivity contribution in [1.29, 1.82) is 0 Å². The van der Waals surface area contributed by atoms with E-state index < -0.39 is 29.9 Å². The lowest BCUT2D eigenvalue weighted by molar-refractivity contribution is -0.274. The van der Waals surface area contributed by atoms with E-state index in [9.17, 15) is 27.9 Å². The normalized spacial score (nSPS) is 12.6. The van der Waals surface area contributed by atoms with E-state index in [0.717, 1.165) is 12.1 Å². The van der Waals surface area contributed by atoms with Gasteiger partial charge in [-0.3, -0.25) is 14.2 Å². The number of esters is 1. The van der Waals surface area contributed by atoms with E-state index in [-0.39, 0.29) is 17.9 Å². The van der Waals surface area contributed by atoms with Gasteiger partial charge < -0.3 is 14.6 Å². The first-order valence-electron chi connectivity index (χ1n) is 9.94. The summed E-state index contributed by atoms with van der Waals surface area (Å²) < 4.78 is 47.6. The molecule has 1 N–H and O–H groups in total. The van der Waals surface area contributed by atoms with Gasteiger partial charge in [0.2, 0.25) is 0 Å². The Hall–Kier alpha value is -3.49. The number of phenolic OH excluding ortho intramolecular Hbond substituents is 1. The number of carbonyl (C=O) groups is 2. The van der Waals surface area contributed by atoms with Gasteiger partial charge in [0.25, 0.3) is 5.91 Å². The van der Waals surface area contributed by atoms with E-state index in [1.807, 2.05) is 6.92 Å². The highest BCUT2D eigenvalue weighted by molar-refractivity contribution is 6.05. The van der Waals surface area contributed by atoms with Crippen molar-refractivity contribution >= 4 is 22.8 Å². The lowest BCUT2D eigenvalue weighted by atomic mass is 9.98. The number of hydrogen-bond donors (Lipinski definition) is 1. The van der Waals surface area contributed by atoms with Gasteiger partial charge in [0, 0.05) is 16.6 Å². The molecule has 0 unspecified atom stereocenters. The second-order valence-corrected chi connectivity index (χ2v) is 7.30. The Morgan fingerprint density at radius 3 is 2.38 bits per heavy atom. The molecular weight excluding hydrogens is 427 g/mol. The van der Waals surface area contributed by atoms with Crippen molar-refractivity contribution in [2.75, 3.05) is 6.61 Å². The molecule has 0 bridgehead atoms. The van der Waals surface area contributed by atoms with Crippen molar-refractivity contribution in [3.63, 3.8) is 0 Å². The van der Waals surface area contributed by atoms with Crippen molar-refractivity contribution < 1.29 is 37.3 Å². The molecule has 2 aromatic carbocycles. The molecule has 1 heterocycles. The minimum absolute atomic E-state index is 0.0360. The van der Waals surface area contributed by atoms with E-state index in [0.29, 0.717) is 28.6 Å². The summed E-state index contributed by atoms with van der Waals surface area (Å²) in [6, 6.07) is 8.99. The molecule has 1 atom stereocenters. The maximum atomic E-state index is 13.3. The third-order valence-electron chi connectivity index (χ3n) is 5.01. The first-order chi connectivity index (χ1) is 15.0. The van der Waals surface area contributed by atoms with Crippen LogP contribution in [0, 0.1) is 6.92 Å². The summed E-state index contributed by atoms with van der Waals surface area (Å²) in [6.07, 6.45) is -4.18. The first-order valence-corrected chi connectivity index (χ1v) is 9.94. The maximum Gasteiger partial charge on any atom is 0.573 e. The van der Waals surface area contributed by atoms with E-state index >= 15 is 0 Å². The smallest absolute Gasteiger partial charge is 0.508 e. The number of benzene rings is 2. The second kappa shape index (κ2) is 8.94. The number of ether oxygens (including phenoxy) is 2. The van der Waals surface area contributed by atoms with Crippen LogP contribution in [-0.2, 0) is 9.53 Å². The van der Waals surface area contributed by atoms with Gasteiger partial charge >= 0.3 is 12.3 Å². The minimum Gasteiger partial charge on any atom is -0.508 e. The zero-order valence-electron chi connectivity index (χ0n) is 17.7. The number of alkyl halides is 3. The number of rotatable bonds is 6. The fraction of sp³-hybridized carbons (Fsp3) is 0.304. The van der Waals surface area contributed by atoms with Gasteiger partial charge in [0.1, 0.15) is 11.5 Å². The average molecular weight is 449 g/mol. The fourth-order valence-electron chi connectivity index (χ4n) is 3.61. The van der Waals surface area contributed by atoms with Gasteiger partial charge in [-0.1, -0.05) is 6.92 Å². The highest BCUT2D eigenvalue weighted by Crippen LogP contribution is 2.35. The standard InChI is InChI=1S/C23H22F3NO5/c1-4-11-31-22(30)13(2)20-14(3)27(19-10-7-16(28)12-18(19)20)21(29)15-5-8-17(9-6-15)32-23(24,25)26/h5-10,12-13,28H,4,11H2,1-3H3/t13-/m1/s1. The number of nitrogens with zero attached hydrogens (tertiary/aromatic N) is 1. The van der Waals surface area contributed by atoms with Gasteiger partial charge in [-0.2, -0.15) is 0 Å². The largest absolute Gasteiger partial charge is 0.573 e. The molecule has 6 nitrogen and oxygen atoms in total.